The third kappa shape index (κ3) is 7.61. The van der Waals surface area contributed by atoms with Crippen LogP contribution in [0.15, 0.2) is 60.7 Å². The second kappa shape index (κ2) is 14.1. The molecule has 286 valence electrons. The van der Waals surface area contributed by atoms with Gasteiger partial charge in [0.05, 0.1) is 11.4 Å². The van der Waals surface area contributed by atoms with Crippen molar-refractivity contribution in [1.82, 2.24) is 44.3 Å². The normalized spacial score (nSPS) is 14.3. The summed E-state index contributed by atoms with van der Waals surface area (Å²) in [6, 6.07) is 14.8. The van der Waals surface area contributed by atoms with Gasteiger partial charge in [-0.05, 0) is 74.2 Å². The lowest BCUT2D eigenvalue weighted by atomic mass is 10.0. The summed E-state index contributed by atoms with van der Waals surface area (Å²) in [5, 5.41) is 10.6. The smallest absolute Gasteiger partial charge is 0.349 e. The van der Waals surface area contributed by atoms with E-state index in [0.29, 0.717) is 39.8 Å². The highest BCUT2D eigenvalue weighted by molar-refractivity contribution is 5.94. The van der Waals surface area contributed by atoms with Crippen molar-refractivity contribution < 1.29 is 35.9 Å². The molecule has 17 heteroatoms. The van der Waals surface area contributed by atoms with Gasteiger partial charge in [0.15, 0.2) is 34.1 Å². The maximum Gasteiger partial charge on any atom is 0.433 e. The Morgan fingerprint density at radius 1 is 0.636 bits per heavy atom. The number of fused-ring (bicyclic) bond motifs is 2. The van der Waals surface area contributed by atoms with E-state index in [1.807, 2.05) is 32.6 Å². The topological polar surface area (TPSA) is 113 Å². The average Bonchev–Trinajstić information content (AvgIpc) is 3.77. The molecule has 1 N–H and O–H groups in total. The van der Waals surface area contributed by atoms with Gasteiger partial charge < -0.3 is 10.2 Å². The molecule has 5 heterocycles. The summed E-state index contributed by atoms with van der Waals surface area (Å²) in [5.74, 6) is -1.22. The zero-order valence-corrected chi connectivity index (χ0v) is 30.2. The fourth-order valence-electron chi connectivity index (χ4n) is 6.42. The van der Waals surface area contributed by atoms with Crippen molar-refractivity contribution in [2.75, 3.05) is 39.3 Å². The van der Waals surface area contributed by atoms with Gasteiger partial charge in [-0.25, -0.2) is 19.0 Å². The largest absolute Gasteiger partial charge is 0.433 e. The molecule has 1 aliphatic heterocycles. The van der Waals surface area contributed by atoms with E-state index in [1.165, 1.54) is 17.0 Å². The van der Waals surface area contributed by atoms with E-state index in [1.54, 1.807) is 36.4 Å². The SMILES string of the molecule is Cc1ccc(-c2cc(C(F)(F)F)n3nc(C(=O)NCCN4CCN(C(=O)c5cc6nc(-c7ccc(C)c(C)c7)cc(C(F)(F)F)n6n5)CC4)cc3n2)cc1C. The number of halogens is 6. The Hall–Kier alpha value is -5.84. The summed E-state index contributed by atoms with van der Waals surface area (Å²) in [5.41, 5.74) is 2.18. The van der Waals surface area contributed by atoms with Crippen LogP contribution in [0.25, 0.3) is 33.8 Å². The van der Waals surface area contributed by atoms with Crippen molar-refractivity contribution in [3.8, 4) is 22.5 Å². The van der Waals surface area contributed by atoms with E-state index in [9.17, 15) is 35.9 Å². The molecular formula is C38H35F6N9O2. The second-order valence-electron chi connectivity index (χ2n) is 13.6. The number of nitrogens with zero attached hydrogens (tertiary/aromatic N) is 8. The van der Waals surface area contributed by atoms with Gasteiger partial charge in [0, 0.05) is 62.5 Å². The predicted octanol–water partition coefficient (Wildman–Crippen LogP) is 6.57. The first kappa shape index (κ1) is 37.5. The number of hydrogen-bond acceptors (Lipinski definition) is 7. The molecule has 1 aliphatic rings. The molecule has 0 aliphatic carbocycles. The third-order valence-corrected chi connectivity index (χ3v) is 9.87. The van der Waals surface area contributed by atoms with Crippen LogP contribution < -0.4 is 5.32 Å². The number of rotatable bonds is 7. The Labute approximate surface area is 310 Å². The molecule has 6 aromatic rings. The van der Waals surface area contributed by atoms with E-state index in [-0.39, 0.29) is 53.7 Å². The molecule has 7 rings (SSSR count). The number of hydrogen-bond donors (Lipinski definition) is 1. The molecule has 0 unspecified atom stereocenters. The molecule has 0 bridgehead atoms. The van der Waals surface area contributed by atoms with E-state index >= 15 is 0 Å². The van der Waals surface area contributed by atoms with Crippen LogP contribution in [-0.2, 0) is 12.4 Å². The Balaban J connectivity index is 0.990. The summed E-state index contributed by atoms with van der Waals surface area (Å²) >= 11 is 0. The monoisotopic (exact) mass is 763 g/mol. The first-order valence-electron chi connectivity index (χ1n) is 17.4. The minimum absolute atomic E-state index is 0.0960. The summed E-state index contributed by atoms with van der Waals surface area (Å²) < 4.78 is 86.0. The molecule has 2 amide bonds. The van der Waals surface area contributed by atoms with Crippen molar-refractivity contribution in [3.63, 3.8) is 0 Å². The van der Waals surface area contributed by atoms with Gasteiger partial charge in [0.1, 0.15) is 0 Å². The summed E-state index contributed by atoms with van der Waals surface area (Å²) in [4.78, 5) is 38.6. The average molecular weight is 764 g/mol. The quantitative estimate of drug-likeness (QED) is 0.183. The summed E-state index contributed by atoms with van der Waals surface area (Å²) in [6.45, 7) is 9.27. The zero-order chi connectivity index (χ0) is 39.4. The Bertz CT molecular complexity index is 2460. The molecule has 0 saturated carbocycles. The Kier molecular flexibility index (Phi) is 9.61. The van der Waals surface area contributed by atoms with Crippen LogP contribution in [0.2, 0.25) is 0 Å². The van der Waals surface area contributed by atoms with Crippen LogP contribution in [0.1, 0.15) is 54.6 Å². The van der Waals surface area contributed by atoms with Crippen LogP contribution in [0.4, 0.5) is 26.3 Å². The standard InChI is InChI=1S/C38H35F6N9O2/c1-21-5-7-25(15-23(21)3)27-17-31(37(39,40)41)52-33(46-27)19-29(48-52)35(54)45-9-10-50-11-13-51(14-12-50)36(55)30-20-34-47-28(26-8-6-22(2)24(4)16-26)18-32(38(42,43)44)53(34)49-30/h5-8,15-20H,9-14H2,1-4H3,(H,45,54). The molecule has 0 radical (unpaired) electrons. The first-order valence-corrected chi connectivity index (χ1v) is 17.4. The highest BCUT2D eigenvalue weighted by Crippen LogP contribution is 2.34. The van der Waals surface area contributed by atoms with Gasteiger partial charge in [0.25, 0.3) is 11.8 Å². The molecule has 2 aromatic carbocycles. The Morgan fingerprint density at radius 2 is 1.11 bits per heavy atom. The van der Waals surface area contributed by atoms with Crippen molar-refractivity contribution in [3.05, 3.63) is 106 Å². The number of alkyl halides is 6. The maximum atomic E-state index is 14.2. The van der Waals surface area contributed by atoms with Gasteiger partial charge in [-0.3, -0.25) is 14.5 Å². The number of benzene rings is 2. The zero-order valence-electron chi connectivity index (χ0n) is 30.2. The molecule has 4 aromatic heterocycles. The molecule has 0 atom stereocenters. The molecule has 1 saturated heterocycles. The van der Waals surface area contributed by atoms with Gasteiger partial charge in [0.2, 0.25) is 0 Å². The number of carbonyl (C=O) groups excluding carboxylic acids is 2. The molecule has 11 nitrogen and oxygen atoms in total. The lowest BCUT2D eigenvalue weighted by Gasteiger charge is -2.34. The molecule has 0 spiro atoms. The number of aryl methyl sites for hydroxylation is 4. The minimum atomic E-state index is -4.77. The van der Waals surface area contributed by atoms with E-state index in [0.717, 1.165) is 34.4 Å². The highest BCUT2D eigenvalue weighted by atomic mass is 19.4. The molecular weight excluding hydrogens is 728 g/mol. The fourth-order valence-corrected chi connectivity index (χ4v) is 6.42. The van der Waals surface area contributed by atoms with E-state index in [2.05, 4.69) is 25.5 Å². The molecule has 55 heavy (non-hydrogen) atoms. The van der Waals surface area contributed by atoms with Crippen LogP contribution in [0.3, 0.4) is 0 Å². The van der Waals surface area contributed by atoms with Crippen molar-refractivity contribution >= 4 is 23.1 Å². The van der Waals surface area contributed by atoms with Crippen molar-refractivity contribution in [2.45, 2.75) is 40.0 Å². The second-order valence-corrected chi connectivity index (χ2v) is 13.6. The number of nitrogens with one attached hydrogen (secondary N) is 1. The lowest BCUT2D eigenvalue weighted by Crippen LogP contribution is -2.50. The van der Waals surface area contributed by atoms with Crippen LogP contribution in [0.5, 0.6) is 0 Å². The lowest BCUT2D eigenvalue weighted by molar-refractivity contribution is -0.143. The van der Waals surface area contributed by atoms with Gasteiger partial charge in [-0.1, -0.05) is 24.3 Å². The predicted molar refractivity (Wildman–Crippen MR) is 190 cm³/mol. The van der Waals surface area contributed by atoms with Crippen LogP contribution in [0, 0.1) is 27.7 Å². The maximum absolute atomic E-state index is 14.2. The highest BCUT2D eigenvalue weighted by Gasteiger charge is 2.37. The Morgan fingerprint density at radius 3 is 1.58 bits per heavy atom. The number of piperazine rings is 1. The number of amides is 2. The van der Waals surface area contributed by atoms with Gasteiger partial charge in [-0.15, -0.1) is 0 Å². The van der Waals surface area contributed by atoms with E-state index < -0.39 is 35.6 Å². The van der Waals surface area contributed by atoms with Crippen LogP contribution >= 0.6 is 0 Å². The van der Waals surface area contributed by atoms with Crippen molar-refractivity contribution in [2.24, 2.45) is 0 Å². The number of carbonyl (C=O) groups is 2. The first-order chi connectivity index (χ1) is 26.0. The molecule has 1 fully saturated rings. The van der Waals surface area contributed by atoms with Crippen LogP contribution in [-0.4, -0.2) is 90.1 Å². The van der Waals surface area contributed by atoms with Gasteiger partial charge >= 0.3 is 12.4 Å². The summed E-state index contributed by atoms with van der Waals surface area (Å²) in [7, 11) is 0. The minimum Gasteiger partial charge on any atom is -0.349 e. The fraction of sp³-hybridized carbons (Fsp3) is 0.316. The van der Waals surface area contributed by atoms with Crippen molar-refractivity contribution in [1.29, 1.82) is 0 Å². The summed E-state index contributed by atoms with van der Waals surface area (Å²) in [6.07, 6.45) is -9.53. The van der Waals surface area contributed by atoms with Gasteiger partial charge in [-0.2, -0.15) is 36.5 Å². The van der Waals surface area contributed by atoms with E-state index in [4.69, 9.17) is 0 Å². The number of aromatic nitrogens is 6. The third-order valence-electron chi connectivity index (χ3n) is 9.87.